The van der Waals surface area contributed by atoms with Crippen LogP contribution in [-0.2, 0) is 4.79 Å². The van der Waals surface area contributed by atoms with Gasteiger partial charge in [-0.3, -0.25) is 19.5 Å². The van der Waals surface area contributed by atoms with Gasteiger partial charge in [0.1, 0.15) is 5.75 Å². The van der Waals surface area contributed by atoms with Gasteiger partial charge in [0.2, 0.25) is 5.91 Å². The summed E-state index contributed by atoms with van der Waals surface area (Å²) in [7, 11) is 1.54. The van der Waals surface area contributed by atoms with Crippen LogP contribution in [0.2, 0.25) is 10.0 Å². The van der Waals surface area contributed by atoms with Crippen LogP contribution < -0.4 is 10.1 Å². The molecule has 0 aromatic heterocycles. The number of Topliss-reactive ketones (excluding diaryl/α,β-unsaturated/α-hetero) is 1. The van der Waals surface area contributed by atoms with Gasteiger partial charge in [0.05, 0.1) is 30.3 Å². The summed E-state index contributed by atoms with van der Waals surface area (Å²) in [6.45, 7) is 3.20. The minimum Gasteiger partial charge on any atom is -0.495 e. The van der Waals surface area contributed by atoms with E-state index in [2.05, 4.69) is 5.32 Å². The highest BCUT2D eigenvalue weighted by molar-refractivity contribution is 6.32. The lowest BCUT2D eigenvalue weighted by Gasteiger charge is -2.35. The highest BCUT2D eigenvalue weighted by Gasteiger charge is 2.36. The number of rotatable bonds is 4. The molecule has 4 rings (SSSR count). The SMILES string of the molecule is COc1ccc(NC(=O)CN2CCC3=Nc4c(ccc(Cl)c4C)C(=O)C3C2)cc1Cl. The van der Waals surface area contributed by atoms with Crippen LogP contribution in [0.4, 0.5) is 11.4 Å². The van der Waals surface area contributed by atoms with E-state index < -0.39 is 0 Å². The molecule has 8 heteroatoms. The summed E-state index contributed by atoms with van der Waals surface area (Å²) in [5.74, 6) is 0.102. The second kappa shape index (κ2) is 8.38. The Morgan fingerprint density at radius 3 is 2.80 bits per heavy atom. The molecule has 1 amide bonds. The van der Waals surface area contributed by atoms with Gasteiger partial charge < -0.3 is 10.1 Å². The minimum atomic E-state index is -0.324. The molecule has 1 saturated heterocycles. The first-order chi connectivity index (χ1) is 14.4. The van der Waals surface area contributed by atoms with E-state index in [-0.39, 0.29) is 24.2 Å². The van der Waals surface area contributed by atoms with E-state index in [9.17, 15) is 9.59 Å². The molecule has 0 radical (unpaired) electrons. The molecular formula is C22H21Cl2N3O3. The zero-order valence-corrected chi connectivity index (χ0v) is 18.2. The van der Waals surface area contributed by atoms with Crippen LogP contribution in [0.3, 0.4) is 0 Å². The Kier molecular flexibility index (Phi) is 5.82. The number of piperidine rings is 1. The first kappa shape index (κ1) is 20.8. The summed E-state index contributed by atoms with van der Waals surface area (Å²) in [6, 6.07) is 8.56. The zero-order valence-electron chi connectivity index (χ0n) is 16.7. The van der Waals surface area contributed by atoms with Crippen LogP contribution in [0.5, 0.6) is 5.75 Å². The average Bonchev–Trinajstić information content (AvgIpc) is 2.72. The standard InChI is InChI=1S/C22H21Cl2N3O3/c1-12-16(23)5-4-14-21(12)26-18-7-8-27(10-15(18)22(14)29)11-20(28)25-13-3-6-19(30-2)17(24)9-13/h3-6,9,15H,7-8,10-11H2,1-2H3,(H,25,28). The van der Waals surface area contributed by atoms with Gasteiger partial charge in [-0.2, -0.15) is 0 Å². The van der Waals surface area contributed by atoms with E-state index >= 15 is 0 Å². The fraction of sp³-hybridized carbons (Fsp3) is 0.318. The molecule has 2 aliphatic rings. The zero-order chi connectivity index (χ0) is 21.4. The topological polar surface area (TPSA) is 71.0 Å². The number of aliphatic imine (C=N–C) groups is 1. The van der Waals surface area contributed by atoms with E-state index in [0.29, 0.717) is 52.2 Å². The van der Waals surface area contributed by atoms with Gasteiger partial charge in [-0.05, 0) is 49.2 Å². The molecule has 0 saturated carbocycles. The maximum atomic E-state index is 13.1. The molecule has 1 unspecified atom stereocenters. The Hall–Kier alpha value is -2.41. The molecule has 2 aliphatic heterocycles. The second-order valence-electron chi connectivity index (χ2n) is 7.47. The monoisotopic (exact) mass is 445 g/mol. The number of ketones is 1. The highest BCUT2D eigenvalue weighted by atomic mass is 35.5. The van der Waals surface area contributed by atoms with Crippen molar-refractivity contribution in [3.63, 3.8) is 0 Å². The van der Waals surface area contributed by atoms with Gasteiger partial charge in [0, 0.05) is 35.1 Å². The van der Waals surface area contributed by atoms with Crippen molar-refractivity contribution in [3.8, 4) is 5.75 Å². The van der Waals surface area contributed by atoms with Crippen LogP contribution in [0.25, 0.3) is 0 Å². The van der Waals surface area contributed by atoms with Gasteiger partial charge in [-0.25, -0.2) is 0 Å². The van der Waals surface area contributed by atoms with Crippen LogP contribution in [0.15, 0.2) is 35.3 Å². The molecule has 2 aromatic carbocycles. The third kappa shape index (κ3) is 3.95. The number of hydrogen-bond donors (Lipinski definition) is 1. The molecule has 1 fully saturated rings. The van der Waals surface area contributed by atoms with Crippen molar-refractivity contribution in [2.24, 2.45) is 10.9 Å². The first-order valence-corrected chi connectivity index (χ1v) is 10.4. The third-order valence-corrected chi connectivity index (χ3v) is 6.24. The van der Waals surface area contributed by atoms with Crippen LogP contribution >= 0.6 is 23.2 Å². The van der Waals surface area contributed by atoms with E-state index in [1.165, 1.54) is 7.11 Å². The number of carbonyl (C=O) groups excluding carboxylic acids is 2. The number of methoxy groups -OCH3 is 1. The van der Waals surface area contributed by atoms with Crippen LogP contribution in [-0.4, -0.2) is 49.0 Å². The van der Waals surface area contributed by atoms with Gasteiger partial charge in [-0.15, -0.1) is 0 Å². The van der Waals surface area contributed by atoms with Crippen LogP contribution in [0, 0.1) is 12.8 Å². The molecule has 1 N–H and O–H groups in total. The average molecular weight is 446 g/mol. The maximum absolute atomic E-state index is 13.1. The largest absolute Gasteiger partial charge is 0.495 e. The number of fused-ring (bicyclic) bond motifs is 2. The number of anilines is 1. The Morgan fingerprint density at radius 2 is 2.07 bits per heavy atom. The number of hydrogen-bond acceptors (Lipinski definition) is 5. The molecule has 30 heavy (non-hydrogen) atoms. The molecular weight excluding hydrogens is 425 g/mol. The lowest BCUT2D eigenvalue weighted by atomic mass is 9.84. The van der Waals surface area contributed by atoms with E-state index in [1.54, 1.807) is 30.3 Å². The molecule has 2 aromatic rings. The summed E-state index contributed by atoms with van der Waals surface area (Å²) < 4.78 is 5.12. The predicted molar refractivity (Wildman–Crippen MR) is 119 cm³/mol. The smallest absolute Gasteiger partial charge is 0.238 e. The van der Waals surface area contributed by atoms with Gasteiger partial charge >= 0.3 is 0 Å². The van der Waals surface area contributed by atoms with E-state index in [1.807, 2.05) is 11.8 Å². The highest BCUT2D eigenvalue weighted by Crippen LogP contribution is 2.37. The lowest BCUT2D eigenvalue weighted by molar-refractivity contribution is -0.117. The van der Waals surface area contributed by atoms with Crippen molar-refractivity contribution in [2.45, 2.75) is 13.3 Å². The molecule has 1 atom stereocenters. The number of amides is 1. The van der Waals surface area contributed by atoms with Crippen molar-refractivity contribution >= 4 is 52.0 Å². The minimum absolute atomic E-state index is 0.0433. The van der Waals surface area contributed by atoms with Gasteiger partial charge in [-0.1, -0.05) is 23.2 Å². The van der Waals surface area contributed by atoms with Crippen molar-refractivity contribution in [3.05, 3.63) is 51.5 Å². The van der Waals surface area contributed by atoms with Crippen molar-refractivity contribution in [2.75, 3.05) is 32.1 Å². The van der Waals surface area contributed by atoms with Gasteiger partial charge in [0.15, 0.2) is 5.78 Å². The third-order valence-electron chi connectivity index (χ3n) is 5.53. The predicted octanol–water partition coefficient (Wildman–Crippen LogP) is 4.54. The summed E-state index contributed by atoms with van der Waals surface area (Å²) in [6.07, 6.45) is 0.642. The molecule has 0 aliphatic carbocycles. The van der Waals surface area contributed by atoms with Crippen molar-refractivity contribution in [1.82, 2.24) is 4.90 Å². The Bertz CT molecular complexity index is 1070. The van der Waals surface area contributed by atoms with Crippen molar-refractivity contribution in [1.29, 1.82) is 0 Å². The summed E-state index contributed by atoms with van der Waals surface area (Å²) in [5.41, 5.74) is 3.58. The lowest BCUT2D eigenvalue weighted by Crippen LogP contribution is -2.47. The molecule has 2 heterocycles. The summed E-state index contributed by atoms with van der Waals surface area (Å²) >= 11 is 12.3. The van der Waals surface area contributed by atoms with Gasteiger partial charge in [0.25, 0.3) is 0 Å². The number of carbonyl (C=O) groups is 2. The van der Waals surface area contributed by atoms with Crippen molar-refractivity contribution < 1.29 is 14.3 Å². The fourth-order valence-electron chi connectivity index (χ4n) is 3.91. The number of likely N-dealkylation sites (tertiary alicyclic amines) is 1. The fourth-order valence-corrected chi connectivity index (χ4v) is 4.32. The first-order valence-electron chi connectivity index (χ1n) is 9.64. The second-order valence-corrected chi connectivity index (χ2v) is 8.29. The molecule has 0 spiro atoms. The quantitative estimate of drug-likeness (QED) is 0.749. The van der Waals surface area contributed by atoms with E-state index in [0.717, 1.165) is 11.3 Å². The molecule has 6 nitrogen and oxygen atoms in total. The number of nitrogens with one attached hydrogen (secondary N) is 1. The Balaban J connectivity index is 1.44. The maximum Gasteiger partial charge on any atom is 0.238 e. The molecule has 156 valence electrons. The number of nitrogens with zero attached hydrogens (tertiary/aromatic N) is 2. The normalized spacial score (nSPS) is 18.3. The number of benzene rings is 2. The van der Waals surface area contributed by atoms with E-state index in [4.69, 9.17) is 32.9 Å². The summed E-state index contributed by atoms with van der Waals surface area (Å²) in [5, 5.41) is 3.88. The Morgan fingerprint density at radius 1 is 1.27 bits per heavy atom. The summed E-state index contributed by atoms with van der Waals surface area (Å²) in [4.78, 5) is 32.3. The Labute approximate surface area is 184 Å². The number of halogens is 2. The van der Waals surface area contributed by atoms with Crippen LogP contribution in [0.1, 0.15) is 22.3 Å². The number of ether oxygens (including phenoxy) is 1. The molecule has 0 bridgehead atoms.